The fraction of sp³-hybridized carbons (Fsp3) is 0.433. The molecular formula is C30H37ClN6O8. The van der Waals surface area contributed by atoms with E-state index in [1.165, 1.54) is 4.90 Å². The van der Waals surface area contributed by atoms with Gasteiger partial charge in [0.15, 0.2) is 0 Å². The molecule has 3 unspecified atom stereocenters. The first-order chi connectivity index (χ1) is 21.4. The van der Waals surface area contributed by atoms with Gasteiger partial charge in [0, 0.05) is 19.4 Å². The van der Waals surface area contributed by atoms with Crippen molar-refractivity contribution in [2.24, 2.45) is 11.5 Å². The number of benzene rings is 2. The minimum Gasteiger partial charge on any atom is -0.481 e. The van der Waals surface area contributed by atoms with E-state index in [2.05, 4.69) is 16.0 Å². The molecule has 1 aliphatic rings. The van der Waals surface area contributed by atoms with Crippen LogP contribution in [0.1, 0.15) is 44.1 Å². The van der Waals surface area contributed by atoms with Gasteiger partial charge in [-0.05, 0) is 42.0 Å². The second-order valence-electron chi connectivity index (χ2n) is 10.8. The van der Waals surface area contributed by atoms with Crippen molar-refractivity contribution in [1.29, 1.82) is 0 Å². The van der Waals surface area contributed by atoms with Crippen molar-refractivity contribution in [3.05, 3.63) is 48.0 Å². The van der Waals surface area contributed by atoms with Crippen LogP contribution in [0.3, 0.4) is 0 Å². The lowest BCUT2D eigenvalue weighted by atomic mass is 9.97. The van der Waals surface area contributed by atoms with Gasteiger partial charge in [0.1, 0.15) is 30.0 Å². The topological polar surface area (TPSA) is 231 Å². The van der Waals surface area contributed by atoms with E-state index in [-0.39, 0.29) is 25.8 Å². The number of aliphatic carboxylic acids is 1. The van der Waals surface area contributed by atoms with Crippen LogP contribution in [0, 0.1) is 0 Å². The summed E-state index contributed by atoms with van der Waals surface area (Å²) in [4.78, 5) is 88.6. The maximum Gasteiger partial charge on any atom is 0.303 e. The fourth-order valence-corrected chi connectivity index (χ4v) is 5.28. The summed E-state index contributed by atoms with van der Waals surface area (Å²) >= 11 is 5.59. The number of alkyl halides is 1. The summed E-state index contributed by atoms with van der Waals surface area (Å²) in [6, 6.07) is 8.07. The highest BCUT2D eigenvalue weighted by molar-refractivity contribution is 6.27. The van der Waals surface area contributed by atoms with Gasteiger partial charge in [0.2, 0.25) is 35.4 Å². The highest BCUT2D eigenvalue weighted by Crippen LogP contribution is 2.21. The summed E-state index contributed by atoms with van der Waals surface area (Å²) in [5.41, 5.74) is 11.3. The van der Waals surface area contributed by atoms with Gasteiger partial charge in [0.05, 0.1) is 6.42 Å². The normalized spacial score (nSPS) is 16.6. The predicted molar refractivity (Wildman–Crippen MR) is 163 cm³/mol. The molecule has 1 heterocycles. The molecule has 0 radical (unpaired) electrons. The standard InChI is InChI=1S/C30H37ClN6O8/c31-16-25(39)34-20(10-11-26(40)41)30(45)37-12-4-3-7-23(37)29(44)36-22(28(43)35-21(27(33)42)15-24(32)38)14-17-8-9-18-5-1-2-6-19(18)13-17/h1-2,5-6,8-9,13,20-23H,3-4,7,10-12,14-16H2,(H2,32,38)(H2,33,42)(H,34,39)(H,35,43)(H,36,44)(H,40,41)/t20?,21?,22?,23-/m0/s1. The second-order valence-corrected chi connectivity index (χ2v) is 11.1. The summed E-state index contributed by atoms with van der Waals surface area (Å²) < 4.78 is 0. The first kappa shape index (κ1) is 34.8. The molecule has 45 heavy (non-hydrogen) atoms. The zero-order chi connectivity index (χ0) is 33.1. The van der Waals surface area contributed by atoms with Gasteiger partial charge >= 0.3 is 5.97 Å². The van der Waals surface area contributed by atoms with E-state index < -0.39 is 84.3 Å². The van der Waals surface area contributed by atoms with Crippen molar-refractivity contribution in [2.45, 2.75) is 69.1 Å². The van der Waals surface area contributed by atoms with Gasteiger partial charge in [-0.1, -0.05) is 42.5 Å². The average Bonchev–Trinajstić information content (AvgIpc) is 3.01. The van der Waals surface area contributed by atoms with Crippen molar-refractivity contribution < 1.29 is 38.7 Å². The number of amides is 6. The first-order valence-electron chi connectivity index (χ1n) is 14.4. The molecule has 0 saturated carbocycles. The third kappa shape index (κ3) is 10.2. The third-order valence-corrected chi connectivity index (χ3v) is 7.68. The SMILES string of the molecule is NC(=O)CC(NC(=O)C(Cc1ccc2ccccc2c1)NC(=O)[C@@H]1CCCCN1C(=O)C(CCC(=O)O)NC(=O)CCl)C(N)=O. The van der Waals surface area contributed by atoms with Crippen molar-refractivity contribution in [3.8, 4) is 0 Å². The van der Waals surface area contributed by atoms with Crippen LogP contribution >= 0.6 is 11.6 Å². The minimum absolute atomic E-state index is 0.0157. The number of carboxylic acids is 1. The Morgan fingerprint density at radius 2 is 1.62 bits per heavy atom. The van der Waals surface area contributed by atoms with Crippen LogP contribution in [-0.2, 0) is 40.0 Å². The molecule has 242 valence electrons. The third-order valence-electron chi connectivity index (χ3n) is 7.44. The maximum absolute atomic E-state index is 13.7. The van der Waals surface area contributed by atoms with E-state index in [4.69, 9.17) is 28.2 Å². The molecule has 6 amide bonds. The molecular weight excluding hydrogens is 608 g/mol. The van der Waals surface area contributed by atoms with Gasteiger partial charge in [-0.25, -0.2) is 0 Å². The summed E-state index contributed by atoms with van der Waals surface area (Å²) in [5, 5.41) is 18.5. The molecule has 1 saturated heterocycles. The van der Waals surface area contributed by atoms with E-state index in [1.54, 1.807) is 6.07 Å². The number of carboxylic acid groups (broad SMARTS) is 1. The Labute approximate surface area is 264 Å². The molecule has 0 aliphatic carbocycles. The van der Waals surface area contributed by atoms with Gasteiger partial charge in [-0.15, -0.1) is 11.6 Å². The molecule has 1 aliphatic heterocycles. The number of primary amides is 2. The predicted octanol–water partition coefficient (Wildman–Crippen LogP) is -0.318. The number of rotatable bonds is 15. The number of likely N-dealkylation sites (tertiary alicyclic amines) is 1. The smallest absolute Gasteiger partial charge is 0.303 e. The zero-order valence-electron chi connectivity index (χ0n) is 24.5. The number of hydrogen-bond donors (Lipinski definition) is 6. The second kappa shape index (κ2) is 16.4. The summed E-state index contributed by atoms with van der Waals surface area (Å²) in [7, 11) is 0. The van der Waals surface area contributed by atoms with Crippen molar-refractivity contribution >= 4 is 63.8 Å². The Morgan fingerprint density at radius 1 is 0.911 bits per heavy atom. The highest BCUT2D eigenvalue weighted by atomic mass is 35.5. The summed E-state index contributed by atoms with van der Waals surface area (Å²) in [5.74, 6) is -6.29. The molecule has 0 spiro atoms. The Balaban J connectivity index is 1.88. The zero-order valence-corrected chi connectivity index (χ0v) is 25.3. The molecule has 4 atom stereocenters. The van der Waals surface area contributed by atoms with Gasteiger partial charge < -0.3 is 37.4 Å². The Hall–Kier alpha value is -4.72. The maximum atomic E-state index is 13.7. The molecule has 0 bridgehead atoms. The van der Waals surface area contributed by atoms with Crippen LogP contribution < -0.4 is 27.4 Å². The van der Waals surface area contributed by atoms with E-state index in [1.807, 2.05) is 36.4 Å². The van der Waals surface area contributed by atoms with Gasteiger partial charge in [-0.2, -0.15) is 0 Å². The number of fused-ring (bicyclic) bond motifs is 1. The van der Waals surface area contributed by atoms with Crippen molar-refractivity contribution in [1.82, 2.24) is 20.9 Å². The minimum atomic E-state index is -1.42. The molecule has 15 heteroatoms. The van der Waals surface area contributed by atoms with E-state index in [0.717, 1.165) is 10.8 Å². The number of piperidine rings is 1. The monoisotopic (exact) mass is 644 g/mol. The largest absolute Gasteiger partial charge is 0.481 e. The molecule has 0 aromatic heterocycles. The molecule has 1 fully saturated rings. The fourth-order valence-electron chi connectivity index (χ4n) is 5.20. The van der Waals surface area contributed by atoms with Gasteiger partial charge in [-0.3, -0.25) is 33.6 Å². The number of nitrogens with two attached hydrogens (primary N) is 2. The van der Waals surface area contributed by atoms with E-state index in [9.17, 15) is 33.6 Å². The lowest BCUT2D eigenvalue weighted by Crippen LogP contribution is -2.60. The molecule has 14 nitrogen and oxygen atoms in total. The molecule has 2 aromatic rings. The first-order valence-corrected chi connectivity index (χ1v) is 15.0. The van der Waals surface area contributed by atoms with Crippen LogP contribution in [0.4, 0.5) is 0 Å². The number of hydrogen-bond acceptors (Lipinski definition) is 7. The molecule has 2 aromatic carbocycles. The van der Waals surface area contributed by atoms with Crippen LogP contribution in [0.5, 0.6) is 0 Å². The highest BCUT2D eigenvalue weighted by Gasteiger charge is 2.38. The lowest BCUT2D eigenvalue weighted by molar-refractivity contribution is -0.146. The van der Waals surface area contributed by atoms with Crippen LogP contribution in [0.2, 0.25) is 0 Å². The van der Waals surface area contributed by atoms with Crippen molar-refractivity contribution in [3.63, 3.8) is 0 Å². The number of nitrogens with one attached hydrogen (secondary N) is 3. The van der Waals surface area contributed by atoms with Crippen LogP contribution in [0.15, 0.2) is 42.5 Å². The van der Waals surface area contributed by atoms with Crippen LogP contribution in [0.25, 0.3) is 10.8 Å². The average molecular weight is 645 g/mol. The molecule has 3 rings (SSSR count). The van der Waals surface area contributed by atoms with Crippen LogP contribution in [-0.4, -0.2) is 88.0 Å². The quantitative estimate of drug-likeness (QED) is 0.140. The summed E-state index contributed by atoms with van der Waals surface area (Å²) in [6.45, 7) is 0.154. The number of halogens is 1. The van der Waals surface area contributed by atoms with Crippen molar-refractivity contribution in [2.75, 3.05) is 12.4 Å². The molecule has 8 N–H and O–H groups in total. The number of carbonyl (C=O) groups is 7. The van der Waals surface area contributed by atoms with E-state index >= 15 is 0 Å². The number of nitrogens with zero attached hydrogens (tertiary/aromatic N) is 1. The lowest BCUT2D eigenvalue weighted by Gasteiger charge is -2.37. The summed E-state index contributed by atoms with van der Waals surface area (Å²) in [6.07, 6.45) is 0.181. The van der Waals surface area contributed by atoms with E-state index in [0.29, 0.717) is 18.4 Å². The Bertz CT molecular complexity index is 1450. The van der Waals surface area contributed by atoms with Gasteiger partial charge in [0.25, 0.3) is 0 Å². The Morgan fingerprint density at radius 3 is 2.27 bits per heavy atom. The Kier molecular flexibility index (Phi) is 12.7. The number of carbonyl (C=O) groups excluding carboxylic acids is 6.